The zero-order valence-electron chi connectivity index (χ0n) is 24.4. The first kappa shape index (κ1) is 31.2. The summed E-state index contributed by atoms with van der Waals surface area (Å²) in [6.07, 6.45) is 2.73. The maximum atomic E-state index is 12.7. The molecule has 6 aromatic rings. The molecule has 6 rings (SSSR count). The van der Waals surface area contributed by atoms with Gasteiger partial charge in [0.05, 0.1) is 50.8 Å². The van der Waals surface area contributed by atoms with Crippen molar-refractivity contribution in [1.82, 2.24) is 30.4 Å². The van der Waals surface area contributed by atoms with Gasteiger partial charge >= 0.3 is 12.1 Å². The highest BCUT2D eigenvalue weighted by Gasteiger charge is 2.18. The van der Waals surface area contributed by atoms with Crippen molar-refractivity contribution in [3.05, 3.63) is 107 Å². The minimum absolute atomic E-state index is 0.143. The Labute approximate surface area is 274 Å². The quantitative estimate of drug-likeness (QED) is 0.0435. The lowest BCUT2D eigenvalue weighted by molar-refractivity contribution is -0.383. The van der Waals surface area contributed by atoms with Crippen molar-refractivity contribution in [2.45, 2.75) is 0 Å². The maximum Gasteiger partial charge on any atom is 0.361 e. The molecule has 0 aliphatic heterocycles. The topological polar surface area (TPSA) is 227 Å². The van der Waals surface area contributed by atoms with Crippen LogP contribution in [0.15, 0.2) is 97.3 Å². The molecule has 0 unspecified atom stereocenters. The molecule has 19 heteroatoms. The molecule has 48 heavy (non-hydrogen) atoms. The SMILES string of the molecule is O=C(NNc1ccc(NC(=S)Nc2ccc(NNC(=O)n3ncc4c([N+](=O)[O-])cccc43)cc2)cc1)n1ncc2c(NOO)cccc21. The highest BCUT2D eigenvalue weighted by Crippen LogP contribution is 2.25. The van der Waals surface area contributed by atoms with Crippen molar-refractivity contribution in [2.24, 2.45) is 0 Å². The molecule has 242 valence electrons. The number of nitro benzene ring substituents is 1. The van der Waals surface area contributed by atoms with Crippen LogP contribution in [0.2, 0.25) is 0 Å². The van der Waals surface area contributed by atoms with E-state index >= 15 is 0 Å². The van der Waals surface area contributed by atoms with Crippen LogP contribution in [-0.4, -0.2) is 46.9 Å². The van der Waals surface area contributed by atoms with Gasteiger partial charge in [-0.15, -0.1) is 4.99 Å². The van der Waals surface area contributed by atoms with E-state index < -0.39 is 17.0 Å². The number of aromatic nitrogens is 4. The summed E-state index contributed by atoms with van der Waals surface area (Å²) in [7, 11) is 0. The van der Waals surface area contributed by atoms with Gasteiger partial charge in [0, 0.05) is 22.8 Å². The zero-order chi connectivity index (χ0) is 33.6. The average Bonchev–Trinajstić information content (AvgIpc) is 3.73. The summed E-state index contributed by atoms with van der Waals surface area (Å²) in [6.45, 7) is 0. The van der Waals surface area contributed by atoms with Crippen molar-refractivity contribution < 1.29 is 24.8 Å². The molecule has 0 fully saturated rings. The van der Waals surface area contributed by atoms with Gasteiger partial charge in [0.1, 0.15) is 0 Å². The number of nitro groups is 1. The van der Waals surface area contributed by atoms with Gasteiger partial charge in [0.25, 0.3) is 5.69 Å². The highest BCUT2D eigenvalue weighted by molar-refractivity contribution is 7.80. The van der Waals surface area contributed by atoms with Crippen LogP contribution in [0.25, 0.3) is 21.8 Å². The molecule has 2 aromatic heterocycles. The standard InChI is InChI=1S/C29H24N12O6S/c42-28(39-24-4-1-3-23(38-47-46)21(24)15-30-39)36-34-19-11-7-17(8-12-19)32-27(48)33-18-9-13-20(14-10-18)35-37-29(43)40-25-5-2-6-26(41(44)45)22(25)16-31-40/h1-16,34-35,38,46H,(H,36,42)(H,37,43)(H2,32,33,48). The molecular formula is C29H24N12O6S. The van der Waals surface area contributed by atoms with Crippen LogP contribution in [0.5, 0.6) is 0 Å². The summed E-state index contributed by atoms with van der Waals surface area (Å²) in [5.41, 5.74) is 16.6. The number of nitrogens with one attached hydrogen (secondary N) is 7. The Morgan fingerprint density at radius 3 is 1.73 bits per heavy atom. The Balaban J connectivity index is 0.972. The molecule has 2 heterocycles. The molecule has 0 bridgehead atoms. The third kappa shape index (κ3) is 6.72. The van der Waals surface area contributed by atoms with Crippen LogP contribution in [0.4, 0.5) is 43.7 Å². The van der Waals surface area contributed by atoms with Crippen LogP contribution < -0.4 is 37.8 Å². The predicted molar refractivity (Wildman–Crippen MR) is 181 cm³/mol. The summed E-state index contributed by atoms with van der Waals surface area (Å²) in [5.74, 6) is 0. The van der Waals surface area contributed by atoms with Crippen LogP contribution in [-0.2, 0) is 4.99 Å². The smallest absolute Gasteiger partial charge is 0.332 e. The molecule has 4 aromatic carbocycles. The van der Waals surface area contributed by atoms with Gasteiger partial charge in [0.15, 0.2) is 5.11 Å². The first-order valence-corrected chi connectivity index (χ1v) is 14.3. The fourth-order valence-electron chi connectivity index (χ4n) is 4.63. The molecular weight excluding hydrogens is 644 g/mol. The van der Waals surface area contributed by atoms with Gasteiger partial charge in [0.2, 0.25) is 0 Å². The van der Waals surface area contributed by atoms with Gasteiger partial charge in [-0.05, 0) is 78.9 Å². The normalized spacial score (nSPS) is 10.7. The van der Waals surface area contributed by atoms with Crippen LogP contribution in [0.1, 0.15) is 0 Å². The fraction of sp³-hybridized carbons (Fsp3) is 0. The monoisotopic (exact) mass is 668 g/mol. The number of fused-ring (bicyclic) bond motifs is 2. The molecule has 0 aliphatic rings. The Hall–Kier alpha value is -6.83. The number of amides is 2. The zero-order valence-corrected chi connectivity index (χ0v) is 25.2. The van der Waals surface area contributed by atoms with Crippen LogP contribution in [0.3, 0.4) is 0 Å². The molecule has 2 amide bonds. The van der Waals surface area contributed by atoms with E-state index in [9.17, 15) is 19.7 Å². The molecule has 8 N–H and O–H groups in total. The van der Waals surface area contributed by atoms with Crippen molar-refractivity contribution in [3.8, 4) is 0 Å². The van der Waals surface area contributed by atoms with Crippen LogP contribution >= 0.6 is 12.2 Å². The Kier molecular flexibility index (Phi) is 8.87. The number of carbonyl (C=O) groups excluding carboxylic acids is 2. The molecule has 0 aliphatic carbocycles. The second kappa shape index (κ2) is 13.7. The van der Waals surface area contributed by atoms with Crippen molar-refractivity contribution >= 4 is 85.3 Å². The lowest BCUT2D eigenvalue weighted by Crippen LogP contribution is -2.34. The van der Waals surface area contributed by atoms with E-state index in [1.165, 1.54) is 24.5 Å². The number of thiocarbonyl (C=S) groups is 1. The number of carbonyl (C=O) groups is 2. The number of hydrogen-bond donors (Lipinski definition) is 8. The molecule has 0 saturated carbocycles. The largest absolute Gasteiger partial charge is 0.361 e. The minimum Gasteiger partial charge on any atom is -0.332 e. The number of benzene rings is 4. The van der Waals surface area contributed by atoms with Gasteiger partial charge in [-0.2, -0.15) is 19.6 Å². The second-order valence-corrected chi connectivity index (χ2v) is 10.3. The Bertz CT molecular complexity index is 2150. The number of anilines is 5. The number of hydrazine groups is 2. The first-order valence-electron chi connectivity index (χ1n) is 13.9. The number of rotatable bonds is 9. The van der Waals surface area contributed by atoms with Gasteiger partial charge in [-0.1, -0.05) is 12.1 Å². The third-order valence-electron chi connectivity index (χ3n) is 6.85. The summed E-state index contributed by atoms with van der Waals surface area (Å²) >= 11 is 5.42. The maximum absolute atomic E-state index is 12.7. The van der Waals surface area contributed by atoms with E-state index in [-0.39, 0.29) is 11.1 Å². The highest BCUT2D eigenvalue weighted by atomic mass is 32.1. The lowest BCUT2D eigenvalue weighted by Gasteiger charge is -2.13. The Morgan fingerprint density at radius 2 is 1.21 bits per heavy atom. The number of nitrogens with zero attached hydrogens (tertiary/aromatic N) is 5. The van der Waals surface area contributed by atoms with Crippen molar-refractivity contribution in [1.29, 1.82) is 0 Å². The fourth-order valence-corrected chi connectivity index (χ4v) is 4.87. The molecule has 0 saturated heterocycles. The van der Waals surface area contributed by atoms with E-state index in [4.69, 9.17) is 17.5 Å². The number of non-ortho nitro benzene ring substituents is 1. The van der Waals surface area contributed by atoms with Gasteiger partial charge < -0.3 is 10.6 Å². The van der Waals surface area contributed by atoms with Crippen molar-refractivity contribution in [3.63, 3.8) is 0 Å². The van der Waals surface area contributed by atoms with E-state index in [1.54, 1.807) is 72.8 Å². The van der Waals surface area contributed by atoms with E-state index in [1.807, 2.05) is 0 Å². The van der Waals surface area contributed by atoms with E-state index in [0.717, 1.165) is 9.36 Å². The summed E-state index contributed by atoms with van der Waals surface area (Å²) in [5, 5.41) is 35.2. The second-order valence-electron chi connectivity index (χ2n) is 9.86. The van der Waals surface area contributed by atoms with Crippen molar-refractivity contribution in [2.75, 3.05) is 27.0 Å². The molecule has 0 spiro atoms. The third-order valence-corrected chi connectivity index (χ3v) is 7.06. The number of hydrogen-bond acceptors (Lipinski definition) is 12. The molecule has 0 atom stereocenters. The van der Waals surface area contributed by atoms with Gasteiger partial charge in [-0.25, -0.2) is 31.2 Å². The summed E-state index contributed by atoms with van der Waals surface area (Å²) < 4.78 is 2.19. The van der Waals surface area contributed by atoms with Crippen LogP contribution in [0, 0.1) is 10.1 Å². The van der Waals surface area contributed by atoms with E-state index in [0.29, 0.717) is 50.0 Å². The lowest BCUT2D eigenvalue weighted by atomic mass is 10.2. The molecule has 0 radical (unpaired) electrons. The first-order chi connectivity index (χ1) is 23.3. The summed E-state index contributed by atoms with van der Waals surface area (Å²) in [6, 6.07) is 22.1. The predicted octanol–water partition coefficient (Wildman–Crippen LogP) is 5.09. The Morgan fingerprint density at radius 1 is 0.729 bits per heavy atom. The van der Waals surface area contributed by atoms with E-state index in [2.05, 4.69) is 53.0 Å². The van der Waals surface area contributed by atoms with Gasteiger partial charge in [-0.3, -0.25) is 21.0 Å². The average molecular weight is 669 g/mol. The molecule has 18 nitrogen and oxygen atoms in total. The summed E-state index contributed by atoms with van der Waals surface area (Å²) in [4.78, 5) is 40.0. The minimum atomic E-state index is -0.629.